The average Bonchev–Trinajstić information content (AvgIpc) is 2.31. The van der Waals surface area contributed by atoms with Crippen LogP contribution < -0.4 is 4.90 Å². The van der Waals surface area contributed by atoms with E-state index in [0.717, 1.165) is 0 Å². The van der Waals surface area contributed by atoms with Crippen molar-refractivity contribution in [2.75, 3.05) is 32.1 Å². The summed E-state index contributed by atoms with van der Waals surface area (Å²) in [5.41, 5.74) is -0.707. The van der Waals surface area contributed by atoms with Crippen molar-refractivity contribution in [2.24, 2.45) is 0 Å². The molecule has 0 N–H and O–H groups in total. The van der Waals surface area contributed by atoms with Crippen molar-refractivity contribution < 1.29 is 17.6 Å². The van der Waals surface area contributed by atoms with Gasteiger partial charge in [-0.05, 0) is 27.9 Å². The predicted molar refractivity (Wildman–Crippen MR) is 65.1 cm³/mol. The molecule has 108 valence electrons. The number of halogens is 4. The van der Waals surface area contributed by atoms with Gasteiger partial charge in [-0.3, -0.25) is 0 Å². The van der Waals surface area contributed by atoms with Gasteiger partial charge in [0.1, 0.15) is 5.69 Å². The quantitative estimate of drug-likeness (QED) is 0.609. The Morgan fingerprint density at radius 3 is 1.89 bits per heavy atom. The molecule has 19 heavy (non-hydrogen) atoms. The molecule has 0 aliphatic carbocycles. The van der Waals surface area contributed by atoms with Crippen LogP contribution in [0.1, 0.15) is 13.8 Å². The number of hydrogen-bond acceptors (Lipinski definition) is 3. The first-order valence-electron chi connectivity index (χ1n) is 5.90. The van der Waals surface area contributed by atoms with Crippen LogP contribution in [0.4, 0.5) is 23.2 Å². The number of aromatic nitrogens is 1. The Hall–Kier alpha value is -1.37. The third kappa shape index (κ3) is 3.34. The Labute approximate surface area is 109 Å². The predicted octanol–water partition coefficient (Wildman–Crippen LogP) is 2.41. The zero-order chi connectivity index (χ0) is 14.7. The SMILES string of the molecule is CCN(c1c(F)c(F)nc(F)c1F)C(C)CN(C)C. The van der Waals surface area contributed by atoms with Crippen molar-refractivity contribution in [1.82, 2.24) is 9.88 Å². The fourth-order valence-electron chi connectivity index (χ4n) is 2.05. The Kier molecular flexibility index (Phi) is 5.11. The Bertz CT molecular complexity index is 425. The first-order valence-corrected chi connectivity index (χ1v) is 5.90. The summed E-state index contributed by atoms with van der Waals surface area (Å²) in [5.74, 6) is -6.20. The third-order valence-corrected chi connectivity index (χ3v) is 2.76. The average molecular weight is 279 g/mol. The second-order valence-electron chi connectivity index (χ2n) is 4.57. The molecule has 0 aliphatic heterocycles. The van der Waals surface area contributed by atoms with Crippen LogP contribution in [0.5, 0.6) is 0 Å². The van der Waals surface area contributed by atoms with Crippen LogP contribution in [0.15, 0.2) is 0 Å². The summed E-state index contributed by atoms with van der Waals surface area (Å²) in [7, 11) is 3.59. The molecule has 1 atom stereocenters. The Morgan fingerprint density at radius 2 is 1.53 bits per heavy atom. The number of hydrogen-bond donors (Lipinski definition) is 0. The first-order chi connectivity index (χ1) is 8.79. The molecule has 0 aromatic carbocycles. The summed E-state index contributed by atoms with van der Waals surface area (Å²) in [5, 5.41) is 0. The van der Waals surface area contributed by atoms with Gasteiger partial charge in [-0.25, -0.2) is 0 Å². The van der Waals surface area contributed by atoms with Gasteiger partial charge in [0.25, 0.3) is 11.9 Å². The Morgan fingerprint density at radius 1 is 1.05 bits per heavy atom. The van der Waals surface area contributed by atoms with E-state index in [-0.39, 0.29) is 12.6 Å². The van der Waals surface area contributed by atoms with Gasteiger partial charge in [0.2, 0.25) is 11.6 Å². The van der Waals surface area contributed by atoms with Crippen LogP contribution in [-0.4, -0.2) is 43.1 Å². The zero-order valence-electron chi connectivity index (χ0n) is 11.3. The fourth-order valence-corrected chi connectivity index (χ4v) is 2.05. The van der Waals surface area contributed by atoms with E-state index in [9.17, 15) is 17.6 Å². The molecule has 0 bridgehead atoms. The smallest absolute Gasteiger partial charge is 0.253 e. The van der Waals surface area contributed by atoms with Crippen LogP contribution in [0.2, 0.25) is 0 Å². The maximum Gasteiger partial charge on any atom is 0.253 e. The second kappa shape index (κ2) is 6.18. The van der Waals surface area contributed by atoms with Crippen LogP contribution in [0, 0.1) is 23.5 Å². The summed E-state index contributed by atoms with van der Waals surface area (Å²) in [6, 6.07) is -0.315. The van der Waals surface area contributed by atoms with Crippen LogP contribution >= 0.6 is 0 Å². The van der Waals surface area contributed by atoms with E-state index >= 15 is 0 Å². The molecule has 1 heterocycles. The second-order valence-corrected chi connectivity index (χ2v) is 4.57. The summed E-state index contributed by atoms with van der Waals surface area (Å²) < 4.78 is 53.6. The van der Waals surface area contributed by atoms with Gasteiger partial charge < -0.3 is 9.80 Å². The lowest BCUT2D eigenvalue weighted by Crippen LogP contribution is -2.41. The van der Waals surface area contributed by atoms with Crippen LogP contribution in [0.3, 0.4) is 0 Å². The molecule has 0 saturated heterocycles. The van der Waals surface area contributed by atoms with Gasteiger partial charge in [0.15, 0.2) is 0 Å². The maximum atomic E-state index is 13.7. The molecule has 0 fully saturated rings. The van der Waals surface area contributed by atoms with E-state index in [0.29, 0.717) is 6.54 Å². The molecule has 0 aliphatic rings. The maximum absolute atomic E-state index is 13.7. The molecule has 0 radical (unpaired) electrons. The van der Waals surface area contributed by atoms with E-state index in [2.05, 4.69) is 4.98 Å². The van der Waals surface area contributed by atoms with Gasteiger partial charge in [-0.2, -0.15) is 22.5 Å². The summed E-state index contributed by atoms with van der Waals surface area (Å²) in [6.07, 6.45) is 0. The van der Waals surface area contributed by atoms with Gasteiger partial charge in [0.05, 0.1) is 0 Å². The molecule has 1 rings (SSSR count). The molecule has 0 spiro atoms. The Balaban J connectivity index is 3.25. The molecule has 1 aromatic heterocycles. The lowest BCUT2D eigenvalue weighted by atomic mass is 10.2. The monoisotopic (exact) mass is 279 g/mol. The van der Waals surface area contributed by atoms with Crippen molar-refractivity contribution in [3.8, 4) is 0 Å². The molecular formula is C12H17F4N3. The molecule has 3 nitrogen and oxygen atoms in total. The van der Waals surface area contributed by atoms with E-state index in [1.54, 1.807) is 27.9 Å². The molecule has 1 unspecified atom stereocenters. The van der Waals surface area contributed by atoms with Gasteiger partial charge in [-0.1, -0.05) is 0 Å². The van der Waals surface area contributed by atoms with Crippen molar-refractivity contribution in [3.05, 3.63) is 23.5 Å². The van der Waals surface area contributed by atoms with Crippen molar-refractivity contribution in [3.63, 3.8) is 0 Å². The fraction of sp³-hybridized carbons (Fsp3) is 0.583. The summed E-state index contributed by atoms with van der Waals surface area (Å²) in [6.45, 7) is 4.07. The van der Waals surface area contributed by atoms with E-state index in [1.165, 1.54) is 4.90 Å². The third-order valence-electron chi connectivity index (χ3n) is 2.76. The highest BCUT2D eigenvalue weighted by Crippen LogP contribution is 2.27. The standard InChI is InChI=1S/C12H17F4N3/c1-5-19(7(2)6-18(3)4)10-8(13)11(15)17-12(16)9(10)14/h7H,5-6H2,1-4H3. The number of nitrogens with zero attached hydrogens (tertiary/aromatic N) is 3. The normalized spacial score (nSPS) is 12.9. The zero-order valence-corrected chi connectivity index (χ0v) is 11.3. The van der Waals surface area contributed by atoms with Crippen LogP contribution in [-0.2, 0) is 0 Å². The summed E-state index contributed by atoms with van der Waals surface area (Å²) >= 11 is 0. The molecular weight excluding hydrogens is 262 g/mol. The topological polar surface area (TPSA) is 19.4 Å². The van der Waals surface area contributed by atoms with Crippen molar-refractivity contribution >= 4 is 5.69 Å². The number of likely N-dealkylation sites (N-methyl/N-ethyl adjacent to an activating group) is 2. The lowest BCUT2D eigenvalue weighted by Gasteiger charge is -2.32. The number of anilines is 1. The highest BCUT2D eigenvalue weighted by molar-refractivity contribution is 5.49. The molecule has 1 aromatic rings. The van der Waals surface area contributed by atoms with E-state index in [1.807, 2.05) is 4.90 Å². The van der Waals surface area contributed by atoms with Crippen LogP contribution in [0.25, 0.3) is 0 Å². The number of pyridine rings is 1. The minimum atomic E-state index is -1.63. The van der Waals surface area contributed by atoms with Crippen molar-refractivity contribution in [1.29, 1.82) is 0 Å². The largest absolute Gasteiger partial charge is 0.363 e. The van der Waals surface area contributed by atoms with Gasteiger partial charge in [-0.15, -0.1) is 0 Å². The first kappa shape index (κ1) is 15.7. The van der Waals surface area contributed by atoms with Gasteiger partial charge in [0, 0.05) is 19.1 Å². The van der Waals surface area contributed by atoms with Gasteiger partial charge >= 0.3 is 0 Å². The number of rotatable bonds is 5. The molecule has 0 amide bonds. The highest BCUT2D eigenvalue weighted by atomic mass is 19.2. The minimum absolute atomic E-state index is 0.214. The minimum Gasteiger partial charge on any atom is -0.363 e. The molecule has 0 saturated carbocycles. The molecule has 7 heteroatoms. The van der Waals surface area contributed by atoms with Crippen molar-refractivity contribution in [2.45, 2.75) is 19.9 Å². The summed E-state index contributed by atoms with van der Waals surface area (Å²) in [4.78, 5) is 5.64. The lowest BCUT2D eigenvalue weighted by molar-refractivity contribution is 0.362. The van der Waals surface area contributed by atoms with E-state index < -0.39 is 29.2 Å². The van der Waals surface area contributed by atoms with E-state index in [4.69, 9.17) is 0 Å². The highest BCUT2D eigenvalue weighted by Gasteiger charge is 2.27.